The Morgan fingerprint density at radius 2 is 1.89 bits per heavy atom. The van der Waals surface area contributed by atoms with Crippen LogP contribution in [0.3, 0.4) is 0 Å². The molecule has 0 atom stereocenters. The molecule has 0 bridgehead atoms. The highest BCUT2D eigenvalue weighted by atomic mass is 35.5. The average molecular weight is 520 g/mol. The minimum absolute atomic E-state index is 0.450. The van der Waals surface area contributed by atoms with Crippen LogP contribution in [0.25, 0.3) is 5.57 Å². The van der Waals surface area contributed by atoms with Gasteiger partial charge in [0.2, 0.25) is 0 Å². The summed E-state index contributed by atoms with van der Waals surface area (Å²) in [6.45, 7) is 6.06. The summed E-state index contributed by atoms with van der Waals surface area (Å²) < 4.78 is 11.0. The van der Waals surface area contributed by atoms with E-state index in [0.29, 0.717) is 24.9 Å². The van der Waals surface area contributed by atoms with Crippen LogP contribution in [-0.2, 0) is 16.0 Å². The van der Waals surface area contributed by atoms with Gasteiger partial charge in [0.05, 0.1) is 36.7 Å². The summed E-state index contributed by atoms with van der Waals surface area (Å²) in [4.78, 5) is 13.7. The number of rotatable bonds is 8. The third kappa shape index (κ3) is 5.63. The van der Waals surface area contributed by atoms with Gasteiger partial charge < -0.3 is 14.4 Å². The van der Waals surface area contributed by atoms with Gasteiger partial charge in [0.25, 0.3) is 0 Å². The van der Waals surface area contributed by atoms with Crippen LogP contribution in [0.1, 0.15) is 11.1 Å². The molecule has 192 valence electrons. The second kappa shape index (κ2) is 11.3. The monoisotopic (exact) mass is 519 g/mol. The second-order valence-corrected chi connectivity index (χ2v) is 9.57. The van der Waals surface area contributed by atoms with E-state index in [4.69, 9.17) is 26.1 Å². The van der Waals surface area contributed by atoms with Crippen molar-refractivity contribution in [1.29, 1.82) is 5.26 Å². The number of hydrazine groups is 1. The number of allylic oxidation sites excluding steroid dienone is 2. The molecule has 1 saturated heterocycles. The van der Waals surface area contributed by atoms with Gasteiger partial charge in [-0.3, -0.25) is 9.91 Å². The van der Waals surface area contributed by atoms with E-state index in [1.807, 2.05) is 53.9 Å². The number of anilines is 1. The Balaban J connectivity index is 1.29. The van der Waals surface area contributed by atoms with Crippen molar-refractivity contribution >= 4 is 23.0 Å². The first-order valence-electron chi connectivity index (χ1n) is 12.3. The Morgan fingerprint density at radius 1 is 1.05 bits per heavy atom. The molecule has 9 nitrogen and oxygen atoms in total. The van der Waals surface area contributed by atoms with E-state index < -0.39 is 0 Å². The molecule has 5 rings (SSSR count). The summed E-state index contributed by atoms with van der Waals surface area (Å²) in [5.41, 5.74) is 4.64. The molecule has 0 amide bonds. The van der Waals surface area contributed by atoms with E-state index in [1.165, 1.54) is 5.56 Å². The van der Waals surface area contributed by atoms with Crippen LogP contribution in [0.5, 0.6) is 0 Å². The molecule has 5 heterocycles. The van der Waals surface area contributed by atoms with Crippen molar-refractivity contribution in [2.75, 3.05) is 65.0 Å². The van der Waals surface area contributed by atoms with Gasteiger partial charge >= 0.3 is 0 Å². The smallest absolute Gasteiger partial charge is 0.137 e. The normalized spacial score (nSPS) is 18.4. The number of nitrogens with zero attached hydrogens (tertiary/aromatic N) is 7. The first-order valence-corrected chi connectivity index (χ1v) is 12.7. The van der Waals surface area contributed by atoms with Crippen molar-refractivity contribution in [1.82, 2.24) is 24.9 Å². The van der Waals surface area contributed by atoms with Crippen molar-refractivity contribution in [2.24, 2.45) is 0 Å². The molecular weight excluding hydrogens is 490 g/mol. The van der Waals surface area contributed by atoms with Crippen molar-refractivity contribution in [3.05, 3.63) is 82.2 Å². The maximum Gasteiger partial charge on any atom is 0.137 e. The Morgan fingerprint density at radius 3 is 2.57 bits per heavy atom. The van der Waals surface area contributed by atoms with Crippen LogP contribution >= 0.6 is 11.6 Å². The Labute approximate surface area is 222 Å². The highest BCUT2D eigenvalue weighted by Gasteiger charge is 2.33. The minimum atomic E-state index is 0.450. The zero-order valence-corrected chi connectivity index (χ0v) is 21.9. The fourth-order valence-electron chi connectivity index (χ4n) is 4.76. The van der Waals surface area contributed by atoms with E-state index >= 15 is 0 Å². The molecule has 0 saturated carbocycles. The second-order valence-electron chi connectivity index (χ2n) is 9.19. The molecule has 3 aliphatic heterocycles. The topological polar surface area (TPSA) is 81.0 Å². The third-order valence-electron chi connectivity index (χ3n) is 6.70. The van der Waals surface area contributed by atoms with E-state index in [0.717, 1.165) is 66.7 Å². The minimum Gasteiger partial charge on any atom is -0.490 e. The van der Waals surface area contributed by atoms with Crippen molar-refractivity contribution < 1.29 is 9.47 Å². The molecule has 0 unspecified atom stereocenters. The summed E-state index contributed by atoms with van der Waals surface area (Å²) in [5, 5.41) is 14.3. The highest BCUT2D eigenvalue weighted by Crippen LogP contribution is 2.38. The number of aromatic nitrogens is 2. The molecule has 2 aromatic rings. The van der Waals surface area contributed by atoms with E-state index in [-0.39, 0.29) is 0 Å². The molecule has 0 aromatic carbocycles. The number of ether oxygens (including phenoxy) is 2. The maximum absolute atomic E-state index is 9.78. The Kier molecular flexibility index (Phi) is 7.72. The number of fused-ring (bicyclic) bond motifs is 1. The number of methoxy groups -OCH3 is 1. The van der Waals surface area contributed by atoms with Crippen LogP contribution in [0.2, 0.25) is 5.15 Å². The van der Waals surface area contributed by atoms with Crippen molar-refractivity contribution in [2.45, 2.75) is 6.54 Å². The Bertz CT molecular complexity index is 1240. The predicted octanol–water partition coefficient (Wildman–Crippen LogP) is 3.29. The van der Waals surface area contributed by atoms with Crippen LogP contribution in [0, 0.1) is 11.3 Å². The fraction of sp³-hybridized carbons (Fsp3) is 0.370. The van der Waals surface area contributed by atoms with Gasteiger partial charge in [-0.15, -0.1) is 0 Å². The van der Waals surface area contributed by atoms with Gasteiger partial charge in [0.15, 0.2) is 0 Å². The first-order chi connectivity index (χ1) is 18.1. The van der Waals surface area contributed by atoms with Crippen LogP contribution < -0.4 is 4.90 Å². The molecule has 3 aliphatic rings. The molecule has 0 N–H and O–H groups in total. The lowest BCUT2D eigenvalue weighted by Crippen LogP contribution is -2.46. The van der Waals surface area contributed by atoms with Gasteiger partial charge in [-0.2, -0.15) is 5.26 Å². The molecular formula is C27H30ClN7O2. The number of nitriles is 1. The summed E-state index contributed by atoms with van der Waals surface area (Å²) >= 11 is 5.91. The van der Waals surface area contributed by atoms with Crippen molar-refractivity contribution in [3.63, 3.8) is 0 Å². The van der Waals surface area contributed by atoms with Gasteiger partial charge in [-0.1, -0.05) is 17.7 Å². The molecule has 2 aromatic heterocycles. The molecule has 1 fully saturated rings. The number of hydrogen-bond acceptors (Lipinski definition) is 9. The van der Waals surface area contributed by atoms with E-state index in [1.54, 1.807) is 7.11 Å². The summed E-state index contributed by atoms with van der Waals surface area (Å²) in [7, 11) is 3.61. The molecule has 0 radical (unpaired) electrons. The maximum atomic E-state index is 9.78. The lowest BCUT2D eigenvalue weighted by atomic mass is 9.98. The summed E-state index contributed by atoms with van der Waals surface area (Å²) in [6, 6.07) is 10.4. The van der Waals surface area contributed by atoms with Crippen LogP contribution in [-0.4, -0.2) is 85.0 Å². The number of pyridine rings is 2. The summed E-state index contributed by atoms with van der Waals surface area (Å²) in [6.07, 6.45) is 7.64. The van der Waals surface area contributed by atoms with Gasteiger partial charge in [0.1, 0.15) is 23.3 Å². The van der Waals surface area contributed by atoms with Crippen LogP contribution in [0.15, 0.2) is 66.0 Å². The highest BCUT2D eigenvalue weighted by molar-refractivity contribution is 6.29. The lowest BCUT2D eigenvalue weighted by Gasteiger charge is -2.35. The number of halogens is 1. The first kappa shape index (κ1) is 25.2. The predicted molar refractivity (Wildman–Crippen MR) is 142 cm³/mol. The average Bonchev–Trinajstić information content (AvgIpc) is 3.26. The zero-order valence-electron chi connectivity index (χ0n) is 21.1. The Hall–Kier alpha value is -3.42. The molecule has 10 heteroatoms. The quantitative estimate of drug-likeness (QED) is 0.385. The largest absolute Gasteiger partial charge is 0.490 e. The fourth-order valence-corrected chi connectivity index (χ4v) is 4.87. The number of piperazine rings is 1. The van der Waals surface area contributed by atoms with E-state index in [9.17, 15) is 5.26 Å². The van der Waals surface area contributed by atoms with E-state index in [2.05, 4.69) is 33.0 Å². The van der Waals surface area contributed by atoms with Crippen LogP contribution in [0.4, 0.5) is 5.82 Å². The summed E-state index contributed by atoms with van der Waals surface area (Å²) in [5.74, 6) is 1.67. The van der Waals surface area contributed by atoms with Crippen molar-refractivity contribution in [3.8, 4) is 6.07 Å². The van der Waals surface area contributed by atoms with Gasteiger partial charge in [0, 0.05) is 70.4 Å². The van der Waals surface area contributed by atoms with Gasteiger partial charge in [-0.05, 0) is 29.8 Å². The molecule has 0 aliphatic carbocycles. The van der Waals surface area contributed by atoms with Gasteiger partial charge in [-0.25, -0.2) is 15.0 Å². The zero-order chi connectivity index (χ0) is 25.8. The number of hydrogen-bond donors (Lipinski definition) is 0. The third-order valence-corrected chi connectivity index (χ3v) is 6.93. The lowest BCUT2D eigenvalue weighted by molar-refractivity contribution is 0.0963. The molecule has 0 spiro atoms. The number of likely N-dealkylation sites (N-methyl/N-ethyl adjacent to an activating group) is 1. The SMILES string of the molecule is COCCOC1=CN2C(=C(C#N)CN2C)C(c2ccc(N3CCN(Cc4ccc(Cl)nc4)CC3)nc2)=C1. The molecule has 37 heavy (non-hydrogen) atoms. The standard InChI is InChI=1S/C27H30ClN7O2/c1-32-18-22(14-29)27-24(13-23(19-35(27)32)37-12-11-36-2)21-4-6-26(31-16-21)34-9-7-33(8-10-34)17-20-3-5-25(28)30-15-20/h3-6,13,15-16,19H,7-12,17-18H2,1-2H3.